The van der Waals surface area contributed by atoms with Gasteiger partial charge in [-0.05, 0) is 86.6 Å². The predicted octanol–water partition coefficient (Wildman–Crippen LogP) is 6.06. The highest BCUT2D eigenvalue weighted by molar-refractivity contribution is 7.80. The van der Waals surface area contributed by atoms with Gasteiger partial charge in [-0.25, -0.2) is 0 Å². The van der Waals surface area contributed by atoms with E-state index in [1.807, 2.05) is 71.6 Å². The van der Waals surface area contributed by atoms with Crippen molar-refractivity contribution in [3.05, 3.63) is 112 Å². The summed E-state index contributed by atoms with van der Waals surface area (Å²) in [5, 5.41) is 7.63. The number of thiocarbonyl (C=S) groups is 1. The Morgan fingerprint density at radius 2 is 1.81 bits per heavy atom. The zero-order valence-corrected chi connectivity index (χ0v) is 22.5. The number of nitrogens with one attached hydrogen (secondary N) is 2. The van der Waals surface area contributed by atoms with Crippen molar-refractivity contribution in [2.75, 3.05) is 11.9 Å². The van der Waals surface area contributed by atoms with Gasteiger partial charge in [-0.1, -0.05) is 41.9 Å². The number of carbonyl (C=O) groups excluding carboxylic acids is 1. The summed E-state index contributed by atoms with van der Waals surface area (Å²) >= 11 is 12.1. The van der Waals surface area contributed by atoms with Crippen molar-refractivity contribution >= 4 is 40.5 Å². The van der Waals surface area contributed by atoms with Crippen molar-refractivity contribution in [1.29, 1.82) is 0 Å². The standard InChI is InChI=1S/C29H28ClN5OS/c1-18-12-13-21(30)16-25(18)35-19(2)15-23(20(35)3)28-27(24-11-7-8-14-31-24)33-29(37)34(28)17-26(36)32-22-9-5-4-6-10-22/h4-16,27-28H,17H2,1-3H3,(H,32,36)(H,33,37)/t27-,28-/m1/s1. The Labute approximate surface area is 227 Å². The summed E-state index contributed by atoms with van der Waals surface area (Å²) < 4.78 is 2.22. The van der Waals surface area contributed by atoms with Gasteiger partial charge in [0.25, 0.3) is 0 Å². The van der Waals surface area contributed by atoms with Gasteiger partial charge in [0.1, 0.15) is 6.54 Å². The monoisotopic (exact) mass is 529 g/mol. The first-order valence-electron chi connectivity index (χ1n) is 12.1. The van der Waals surface area contributed by atoms with Gasteiger partial charge in [0.05, 0.1) is 17.8 Å². The third-order valence-electron chi connectivity index (χ3n) is 6.77. The summed E-state index contributed by atoms with van der Waals surface area (Å²) in [6.45, 7) is 6.36. The number of rotatable bonds is 6. The molecule has 0 unspecified atom stereocenters. The molecule has 2 aromatic carbocycles. The van der Waals surface area contributed by atoms with Gasteiger partial charge in [-0.2, -0.15) is 0 Å². The van der Waals surface area contributed by atoms with Gasteiger partial charge in [0.2, 0.25) is 5.91 Å². The summed E-state index contributed by atoms with van der Waals surface area (Å²) in [7, 11) is 0. The zero-order chi connectivity index (χ0) is 26.1. The molecule has 1 amide bonds. The minimum Gasteiger partial charge on any atom is -0.352 e. The average molecular weight is 530 g/mol. The molecule has 2 N–H and O–H groups in total. The Bertz CT molecular complexity index is 1450. The number of aryl methyl sites for hydroxylation is 2. The lowest BCUT2D eigenvalue weighted by Crippen LogP contribution is -2.37. The van der Waals surface area contributed by atoms with Crippen molar-refractivity contribution in [3.8, 4) is 5.69 Å². The molecule has 0 saturated carbocycles. The van der Waals surface area contributed by atoms with Crippen LogP contribution in [0.4, 0.5) is 5.69 Å². The first-order chi connectivity index (χ1) is 17.8. The molecule has 4 aromatic rings. The number of carbonyl (C=O) groups is 1. The van der Waals surface area contributed by atoms with Crippen LogP contribution in [0.1, 0.15) is 40.3 Å². The molecule has 1 aliphatic heterocycles. The molecule has 6 nitrogen and oxygen atoms in total. The number of pyridine rings is 1. The molecule has 188 valence electrons. The van der Waals surface area contributed by atoms with E-state index in [1.165, 1.54) is 0 Å². The molecule has 1 saturated heterocycles. The van der Waals surface area contributed by atoms with Crippen molar-refractivity contribution in [1.82, 2.24) is 19.8 Å². The fourth-order valence-electron chi connectivity index (χ4n) is 5.07. The van der Waals surface area contributed by atoms with Gasteiger partial charge in [-0.15, -0.1) is 0 Å². The fourth-order valence-corrected chi connectivity index (χ4v) is 5.54. The largest absolute Gasteiger partial charge is 0.352 e. The van der Waals surface area contributed by atoms with Crippen molar-refractivity contribution < 1.29 is 4.79 Å². The maximum absolute atomic E-state index is 13.1. The molecule has 1 aliphatic rings. The number of hydrogen-bond acceptors (Lipinski definition) is 3. The van der Waals surface area contributed by atoms with E-state index >= 15 is 0 Å². The van der Waals surface area contributed by atoms with Crippen LogP contribution in [-0.2, 0) is 4.79 Å². The molecule has 0 spiro atoms. The van der Waals surface area contributed by atoms with E-state index in [0.29, 0.717) is 10.1 Å². The van der Waals surface area contributed by atoms with Crippen molar-refractivity contribution in [2.24, 2.45) is 0 Å². The van der Waals surface area contributed by atoms with E-state index in [4.69, 9.17) is 23.8 Å². The molecule has 2 aromatic heterocycles. The summed E-state index contributed by atoms with van der Waals surface area (Å²) in [6.07, 6.45) is 1.78. The second-order valence-corrected chi connectivity index (χ2v) is 10.1. The first-order valence-corrected chi connectivity index (χ1v) is 12.9. The Kier molecular flexibility index (Phi) is 7.00. The van der Waals surface area contributed by atoms with Gasteiger partial charge in [0, 0.05) is 34.0 Å². The number of amides is 1. The van der Waals surface area contributed by atoms with E-state index in [2.05, 4.69) is 47.0 Å². The van der Waals surface area contributed by atoms with E-state index in [9.17, 15) is 4.79 Å². The Morgan fingerprint density at radius 3 is 2.54 bits per heavy atom. The second-order valence-electron chi connectivity index (χ2n) is 9.26. The smallest absolute Gasteiger partial charge is 0.244 e. The number of anilines is 1. The van der Waals surface area contributed by atoms with E-state index < -0.39 is 0 Å². The summed E-state index contributed by atoms with van der Waals surface area (Å²) in [4.78, 5) is 19.7. The van der Waals surface area contributed by atoms with Crippen LogP contribution in [0.5, 0.6) is 0 Å². The fraction of sp³-hybridized carbons (Fsp3) is 0.207. The Balaban J connectivity index is 1.56. The highest BCUT2D eigenvalue weighted by atomic mass is 35.5. The molecule has 0 radical (unpaired) electrons. The number of aromatic nitrogens is 2. The van der Waals surface area contributed by atoms with Crippen LogP contribution < -0.4 is 10.6 Å². The molecule has 0 aliphatic carbocycles. The molecular weight excluding hydrogens is 502 g/mol. The third-order valence-corrected chi connectivity index (χ3v) is 7.36. The topological polar surface area (TPSA) is 62.2 Å². The molecule has 3 heterocycles. The van der Waals surface area contributed by atoms with Crippen molar-refractivity contribution in [3.63, 3.8) is 0 Å². The maximum atomic E-state index is 13.1. The average Bonchev–Trinajstić information content (AvgIpc) is 3.36. The van der Waals surface area contributed by atoms with E-state index in [0.717, 1.165) is 39.6 Å². The van der Waals surface area contributed by atoms with E-state index in [-0.39, 0.29) is 24.5 Å². The molecule has 5 rings (SSSR count). The van der Waals surface area contributed by atoms with E-state index in [1.54, 1.807) is 6.20 Å². The maximum Gasteiger partial charge on any atom is 0.244 e. The number of hydrogen-bond donors (Lipinski definition) is 2. The SMILES string of the molecule is Cc1ccc(Cl)cc1-n1c(C)cc([C@@H]2[C@@H](c3ccccn3)NC(=S)N2CC(=O)Nc2ccccc2)c1C. The normalized spacial score (nSPS) is 17.1. The summed E-state index contributed by atoms with van der Waals surface area (Å²) in [5.74, 6) is -0.137. The van der Waals surface area contributed by atoms with Crippen LogP contribution in [0, 0.1) is 20.8 Å². The minimum absolute atomic E-state index is 0.106. The number of nitrogens with zero attached hydrogens (tertiary/aromatic N) is 3. The van der Waals surface area contributed by atoms with Gasteiger partial charge >= 0.3 is 0 Å². The highest BCUT2D eigenvalue weighted by Gasteiger charge is 2.42. The molecule has 37 heavy (non-hydrogen) atoms. The summed E-state index contributed by atoms with van der Waals surface area (Å²) in [5.41, 5.74) is 6.98. The van der Waals surface area contributed by atoms with Crippen LogP contribution in [0.3, 0.4) is 0 Å². The molecule has 2 atom stereocenters. The quantitative estimate of drug-likeness (QED) is 0.297. The van der Waals surface area contributed by atoms with Gasteiger partial charge in [0.15, 0.2) is 5.11 Å². The number of halogens is 1. The Morgan fingerprint density at radius 1 is 1.05 bits per heavy atom. The molecule has 8 heteroatoms. The summed E-state index contributed by atoms with van der Waals surface area (Å²) in [6, 6.07) is 22.9. The van der Waals surface area contributed by atoms with Crippen LogP contribution >= 0.6 is 23.8 Å². The lowest BCUT2D eigenvalue weighted by Gasteiger charge is -2.27. The van der Waals surface area contributed by atoms with Crippen LogP contribution in [0.2, 0.25) is 5.02 Å². The first kappa shape index (κ1) is 25.0. The van der Waals surface area contributed by atoms with Crippen LogP contribution in [-0.4, -0.2) is 32.0 Å². The lowest BCUT2D eigenvalue weighted by atomic mass is 9.96. The van der Waals surface area contributed by atoms with Gasteiger partial charge < -0.3 is 20.1 Å². The zero-order valence-electron chi connectivity index (χ0n) is 20.9. The van der Waals surface area contributed by atoms with Crippen LogP contribution in [0.15, 0.2) is 79.0 Å². The Hall–Kier alpha value is -3.68. The third kappa shape index (κ3) is 4.97. The minimum atomic E-state index is -0.233. The molecule has 0 bridgehead atoms. The van der Waals surface area contributed by atoms with Gasteiger partial charge in [-0.3, -0.25) is 9.78 Å². The number of benzene rings is 2. The van der Waals surface area contributed by atoms with Crippen LogP contribution in [0.25, 0.3) is 5.69 Å². The van der Waals surface area contributed by atoms with Crippen molar-refractivity contribution in [2.45, 2.75) is 32.9 Å². The lowest BCUT2D eigenvalue weighted by molar-refractivity contribution is -0.116. The predicted molar refractivity (Wildman–Crippen MR) is 152 cm³/mol. The molecule has 1 fully saturated rings. The highest BCUT2D eigenvalue weighted by Crippen LogP contribution is 2.41. The molecular formula is C29H28ClN5OS. The second kappa shape index (κ2) is 10.4. The number of para-hydroxylation sites is 1.